The van der Waals surface area contributed by atoms with Gasteiger partial charge in [0.05, 0.1) is 19.4 Å². The molecule has 0 bridgehead atoms. The third-order valence-electron chi connectivity index (χ3n) is 6.79. The Morgan fingerprint density at radius 3 is 2.36 bits per heavy atom. The highest BCUT2D eigenvalue weighted by molar-refractivity contribution is 6.04. The van der Waals surface area contributed by atoms with Gasteiger partial charge in [-0.3, -0.25) is 9.59 Å². The van der Waals surface area contributed by atoms with Gasteiger partial charge in [0.25, 0.3) is 11.8 Å². The summed E-state index contributed by atoms with van der Waals surface area (Å²) in [6.07, 6.45) is 1.98. The van der Waals surface area contributed by atoms with Crippen LogP contribution in [0.15, 0.2) is 60.7 Å². The van der Waals surface area contributed by atoms with E-state index in [1.54, 1.807) is 36.4 Å². The number of rotatable bonds is 10. The first kappa shape index (κ1) is 27.8. The lowest BCUT2D eigenvalue weighted by molar-refractivity contribution is -0.147. The van der Waals surface area contributed by atoms with Crippen LogP contribution >= 0.6 is 0 Å². The number of nitrogens with one attached hydrogen (secondary N) is 1. The minimum absolute atomic E-state index is 0.0493. The number of hydrogen-bond donors (Lipinski definition) is 1. The summed E-state index contributed by atoms with van der Waals surface area (Å²) in [7, 11) is 1.31. The molecule has 1 N–H and O–H groups in total. The van der Waals surface area contributed by atoms with E-state index >= 15 is 4.39 Å². The van der Waals surface area contributed by atoms with Crippen molar-refractivity contribution >= 4 is 23.5 Å². The number of fused-ring (bicyclic) bond motifs is 1. The number of benzene rings is 3. The number of ether oxygens (including phenoxy) is 2. The summed E-state index contributed by atoms with van der Waals surface area (Å²) in [5.41, 5.74) is 2.91. The maximum absolute atomic E-state index is 15.0. The Morgan fingerprint density at radius 2 is 1.72 bits per heavy atom. The maximum atomic E-state index is 15.0. The van der Waals surface area contributed by atoms with E-state index in [2.05, 4.69) is 12.2 Å². The average molecular weight is 533 g/mol. The topological polar surface area (TPSA) is 84.9 Å². The summed E-state index contributed by atoms with van der Waals surface area (Å²) in [5.74, 6) is -1.19. The van der Waals surface area contributed by atoms with Crippen LogP contribution in [0.1, 0.15) is 59.9 Å². The van der Waals surface area contributed by atoms with Crippen LogP contribution in [0.25, 0.3) is 11.1 Å². The molecule has 3 aromatic rings. The van der Waals surface area contributed by atoms with E-state index in [4.69, 9.17) is 9.47 Å². The lowest BCUT2D eigenvalue weighted by atomic mass is 10.00. The molecule has 1 aliphatic heterocycles. The maximum Gasteiger partial charge on any atom is 0.328 e. The molecular weight excluding hydrogens is 499 g/mol. The number of carbonyl (C=O) groups is 3. The number of amides is 2. The molecule has 39 heavy (non-hydrogen) atoms. The molecule has 0 fully saturated rings. The van der Waals surface area contributed by atoms with Crippen molar-refractivity contribution in [3.63, 3.8) is 0 Å². The van der Waals surface area contributed by atoms with Crippen LogP contribution in [0.2, 0.25) is 0 Å². The van der Waals surface area contributed by atoms with E-state index in [0.29, 0.717) is 41.2 Å². The minimum atomic E-state index is -0.691. The molecule has 0 aliphatic carbocycles. The van der Waals surface area contributed by atoms with Gasteiger partial charge in [0.1, 0.15) is 17.6 Å². The smallest absolute Gasteiger partial charge is 0.328 e. The first-order valence-corrected chi connectivity index (χ1v) is 13.1. The predicted octanol–water partition coefficient (Wildman–Crippen LogP) is 6.08. The second kappa shape index (κ2) is 12.1. The number of methoxy groups -OCH3 is 1. The fraction of sp³-hybridized carbons (Fsp3) is 0.323. The Kier molecular flexibility index (Phi) is 8.64. The standard InChI is InChI=1S/C31H33FN2O5/c1-5-6-15-39-24-12-9-20(10-13-24)29(35)33-27-14-11-22(17-26(27)32)21-7-8-23-18-34(30(36)25(23)16-21)28(19(2)3)31(37)38-4/h7-14,16-17,19,28H,5-6,15,18H2,1-4H3,(H,33,35). The SMILES string of the molecule is CCCCOc1ccc(C(=O)Nc2ccc(-c3ccc4c(c3)C(=O)N(C(C(=O)OC)C(C)C)C4)cc2F)cc1. The second-order valence-electron chi connectivity index (χ2n) is 9.89. The third-order valence-corrected chi connectivity index (χ3v) is 6.79. The van der Waals surface area contributed by atoms with Crippen molar-refractivity contribution in [2.45, 2.75) is 46.2 Å². The van der Waals surface area contributed by atoms with Crippen molar-refractivity contribution < 1.29 is 28.2 Å². The van der Waals surface area contributed by atoms with E-state index < -0.39 is 23.7 Å². The monoisotopic (exact) mass is 532 g/mol. The zero-order chi connectivity index (χ0) is 28.1. The highest BCUT2D eigenvalue weighted by Gasteiger charge is 2.38. The van der Waals surface area contributed by atoms with Gasteiger partial charge in [0, 0.05) is 17.7 Å². The van der Waals surface area contributed by atoms with Crippen LogP contribution in [0.3, 0.4) is 0 Å². The predicted molar refractivity (Wildman–Crippen MR) is 147 cm³/mol. The molecule has 4 rings (SSSR count). The van der Waals surface area contributed by atoms with Gasteiger partial charge >= 0.3 is 5.97 Å². The quantitative estimate of drug-likeness (QED) is 0.253. The molecule has 0 spiro atoms. The molecule has 0 saturated heterocycles. The first-order valence-electron chi connectivity index (χ1n) is 13.1. The molecule has 204 valence electrons. The molecule has 0 aromatic heterocycles. The Balaban J connectivity index is 1.47. The van der Waals surface area contributed by atoms with Gasteiger partial charge < -0.3 is 19.7 Å². The third kappa shape index (κ3) is 6.11. The summed E-state index contributed by atoms with van der Waals surface area (Å²) in [5, 5.41) is 2.61. The van der Waals surface area contributed by atoms with E-state index in [1.165, 1.54) is 24.1 Å². The van der Waals surface area contributed by atoms with Gasteiger partial charge in [0.15, 0.2) is 0 Å². The molecule has 2 amide bonds. The largest absolute Gasteiger partial charge is 0.494 e. The Bertz CT molecular complexity index is 1370. The molecule has 3 aromatic carbocycles. The van der Waals surface area contributed by atoms with Crippen molar-refractivity contribution in [2.24, 2.45) is 5.92 Å². The van der Waals surface area contributed by atoms with Gasteiger partial charge in [-0.15, -0.1) is 0 Å². The second-order valence-corrected chi connectivity index (χ2v) is 9.89. The minimum Gasteiger partial charge on any atom is -0.494 e. The van der Waals surface area contributed by atoms with Gasteiger partial charge in [-0.05, 0) is 71.5 Å². The highest BCUT2D eigenvalue weighted by Crippen LogP contribution is 2.32. The molecule has 8 heteroatoms. The van der Waals surface area contributed by atoms with Crippen LogP contribution in [-0.4, -0.2) is 42.4 Å². The van der Waals surface area contributed by atoms with E-state index in [0.717, 1.165) is 18.4 Å². The summed E-state index contributed by atoms with van der Waals surface area (Å²) < 4.78 is 25.6. The van der Waals surface area contributed by atoms with Crippen LogP contribution in [0.4, 0.5) is 10.1 Å². The summed E-state index contributed by atoms with van der Waals surface area (Å²) in [6.45, 7) is 6.73. The Hall–Kier alpha value is -4.20. The summed E-state index contributed by atoms with van der Waals surface area (Å²) >= 11 is 0. The summed E-state index contributed by atoms with van der Waals surface area (Å²) in [6, 6.07) is 15.9. The number of anilines is 1. The molecule has 0 saturated carbocycles. The van der Waals surface area contributed by atoms with Crippen LogP contribution < -0.4 is 10.1 Å². The van der Waals surface area contributed by atoms with Crippen molar-refractivity contribution in [1.82, 2.24) is 4.90 Å². The van der Waals surface area contributed by atoms with Crippen molar-refractivity contribution in [3.05, 3.63) is 83.2 Å². The molecule has 1 aliphatic rings. The molecule has 1 heterocycles. The molecule has 1 unspecified atom stereocenters. The van der Waals surface area contributed by atoms with Crippen molar-refractivity contribution in [1.29, 1.82) is 0 Å². The van der Waals surface area contributed by atoms with Gasteiger partial charge in [-0.2, -0.15) is 0 Å². The Labute approximate surface area is 227 Å². The van der Waals surface area contributed by atoms with E-state index in [-0.39, 0.29) is 17.5 Å². The van der Waals surface area contributed by atoms with Crippen LogP contribution in [-0.2, 0) is 16.1 Å². The van der Waals surface area contributed by atoms with E-state index in [1.807, 2.05) is 26.0 Å². The van der Waals surface area contributed by atoms with Gasteiger partial charge in [-0.25, -0.2) is 9.18 Å². The molecule has 0 radical (unpaired) electrons. The first-order chi connectivity index (χ1) is 18.7. The number of hydrogen-bond acceptors (Lipinski definition) is 5. The van der Waals surface area contributed by atoms with Crippen LogP contribution in [0.5, 0.6) is 5.75 Å². The van der Waals surface area contributed by atoms with Gasteiger partial charge in [0.2, 0.25) is 0 Å². The molecule has 1 atom stereocenters. The molecular formula is C31H33FN2O5. The van der Waals surface area contributed by atoms with Crippen molar-refractivity contribution in [2.75, 3.05) is 19.0 Å². The normalized spacial score (nSPS) is 13.3. The zero-order valence-electron chi connectivity index (χ0n) is 22.6. The average Bonchev–Trinajstić information content (AvgIpc) is 3.25. The highest BCUT2D eigenvalue weighted by atomic mass is 19.1. The zero-order valence-corrected chi connectivity index (χ0v) is 22.6. The fourth-order valence-electron chi connectivity index (χ4n) is 4.64. The number of halogens is 1. The lowest BCUT2D eigenvalue weighted by Crippen LogP contribution is -2.45. The number of nitrogens with zero attached hydrogens (tertiary/aromatic N) is 1. The van der Waals surface area contributed by atoms with Crippen molar-refractivity contribution in [3.8, 4) is 16.9 Å². The lowest BCUT2D eigenvalue weighted by Gasteiger charge is -2.28. The Morgan fingerprint density at radius 1 is 1.03 bits per heavy atom. The van der Waals surface area contributed by atoms with Gasteiger partial charge in [-0.1, -0.05) is 45.4 Å². The number of unbranched alkanes of at least 4 members (excludes halogenated alkanes) is 1. The van der Waals surface area contributed by atoms with E-state index in [9.17, 15) is 14.4 Å². The fourth-order valence-corrected chi connectivity index (χ4v) is 4.64. The summed E-state index contributed by atoms with van der Waals surface area (Å²) in [4.78, 5) is 39.7. The number of esters is 1. The van der Waals surface area contributed by atoms with Crippen LogP contribution in [0, 0.1) is 11.7 Å². The number of carbonyl (C=O) groups excluding carboxylic acids is 3. The molecule has 7 nitrogen and oxygen atoms in total.